The summed E-state index contributed by atoms with van der Waals surface area (Å²) in [4.78, 5) is 24.7. The number of rotatable bonds is 5. The highest BCUT2D eigenvalue weighted by Crippen LogP contribution is 2.25. The Bertz CT molecular complexity index is 979. The van der Waals surface area contributed by atoms with Crippen molar-refractivity contribution in [2.24, 2.45) is 0 Å². The molecule has 0 aliphatic heterocycles. The Balaban J connectivity index is 2.71. The summed E-state index contributed by atoms with van der Waals surface area (Å²) in [5, 5.41) is 0. The molecule has 1 aromatic heterocycles. The summed E-state index contributed by atoms with van der Waals surface area (Å²) in [6.07, 6.45) is 1.28. The molecule has 0 saturated carbocycles. The summed E-state index contributed by atoms with van der Waals surface area (Å²) < 4.78 is 29.3. The Morgan fingerprint density at radius 2 is 1.75 bits per heavy atom. The van der Waals surface area contributed by atoms with Gasteiger partial charge in [0.05, 0.1) is 0 Å². The molecule has 1 aromatic carbocycles. The van der Waals surface area contributed by atoms with Crippen LogP contribution in [0.4, 0.5) is 5.69 Å². The Morgan fingerprint density at radius 1 is 1.12 bits per heavy atom. The van der Waals surface area contributed by atoms with Crippen LogP contribution in [0.25, 0.3) is 0 Å². The summed E-state index contributed by atoms with van der Waals surface area (Å²) in [5.74, 6) is 0. The van der Waals surface area contributed by atoms with Gasteiger partial charge in [-0.15, -0.1) is 0 Å². The molecule has 1 heterocycles. The molecule has 0 aliphatic rings. The minimum Gasteiger partial charge on any atom is -0.299 e. The number of halogens is 1. The number of benzene rings is 1. The number of aromatic nitrogens is 2. The highest BCUT2D eigenvalue weighted by atomic mass is 79.9. The molecule has 24 heavy (non-hydrogen) atoms. The highest BCUT2D eigenvalue weighted by Gasteiger charge is 2.26. The summed E-state index contributed by atoms with van der Waals surface area (Å²) in [7, 11) is -2.65. The minimum atomic E-state index is -3.95. The van der Waals surface area contributed by atoms with Crippen molar-refractivity contribution in [1.82, 2.24) is 9.13 Å². The molecule has 0 saturated heterocycles. The maximum Gasteiger partial charge on any atom is 0.331 e. The molecule has 130 valence electrons. The van der Waals surface area contributed by atoms with E-state index < -0.39 is 21.3 Å². The Hall–Kier alpha value is -1.87. The standard InChI is InChI=1S/C15H18BrN3O4S/c1-4-18-10-12(14(20)19(5-2)15(18)21)17(3)24(22,23)13-9-7-6-8-11(13)16/h6-10H,4-5H2,1-3H3. The van der Waals surface area contributed by atoms with Gasteiger partial charge < -0.3 is 0 Å². The van der Waals surface area contributed by atoms with Gasteiger partial charge in [0, 0.05) is 30.8 Å². The van der Waals surface area contributed by atoms with Gasteiger partial charge in [-0.3, -0.25) is 18.2 Å². The van der Waals surface area contributed by atoms with E-state index in [1.54, 1.807) is 32.0 Å². The molecule has 0 amide bonds. The van der Waals surface area contributed by atoms with Gasteiger partial charge >= 0.3 is 5.69 Å². The highest BCUT2D eigenvalue weighted by molar-refractivity contribution is 9.10. The van der Waals surface area contributed by atoms with E-state index in [9.17, 15) is 18.0 Å². The molecule has 2 rings (SSSR count). The van der Waals surface area contributed by atoms with Crippen LogP contribution in [-0.4, -0.2) is 24.6 Å². The Labute approximate surface area is 148 Å². The molecule has 0 atom stereocenters. The lowest BCUT2D eigenvalue weighted by molar-refractivity contribution is 0.580. The van der Waals surface area contributed by atoms with Gasteiger partial charge in [0.2, 0.25) is 0 Å². The van der Waals surface area contributed by atoms with Crippen LogP contribution < -0.4 is 15.6 Å². The van der Waals surface area contributed by atoms with Crippen molar-refractivity contribution in [3.8, 4) is 0 Å². The normalized spacial score (nSPS) is 11.5. The van der Waals surface area contributed by atoms with Crippen molar-refractivity contribution < 1.29 is 8.42 Å². The first-order valence-electron chi connectivity index (χ1n) is 7.33. The maximum atomic E-state index is 12.9. The summed E-state index contributed by atoms with van der Waals surface area (Å²) in [6.45, 7) is 3.90. The molecule has 0 spiro atoms. The molecule has 0 radical (unpaired) electrons. The molecule has 0 aliphatic carbocycles. The van der Waals surface area contributed by atoms with Gasteiger partial charge in [0.25, 0.3) is 15.6 Å². The smallest absolute Gasteiger partial charge is 0.299 e. The summed E-state index contributed by atoms with van der Waals surface area (Å²) in [6, 6.07) is 6.36. The first-order valence-corrected chi connectivity index (χ1v) is 9.56. The second kappa shape index (κ2) is 6.94. The first kappa shape index (κ1) is 18.5. The Kier molecular flexibility index (Phi) is 5.34. The molecule has 2 aromatic rings. The second-order valence-electron chi connectivity index (χ2n) is 5.04. The quantitative estimate of drug-likeness (QED) is 0.742. The molecular weight excluding hydrogens is 398 g/mol. The lowest BCUT2D eigenvalue weighted by atomic mass is 10.4. The fourth-order valence-corrected chi connectivity index (χ4v) is 4.43. The zero-order valence-corrected chi connectivity index (χ0v) is 16.0. The SMILES string of the molecule is CCn1cc(N(C)S(=O)(=O)c2ccccc2Br)c(=O)n(CC)c1=O. The van der Waals surface area contributed by atoms with Crippen molar-refractivity contribution in [3.05, 3.63) is 55.8 Å². The van der Waals surface area contributed by atoms with Gasteiger partial charge in [0.15, 0.2) is 0 Å². The van der Waals surface area contributed by atoms with Crippen LogP contribution in [0.3, 0.4) is 0 Å². The van der Waals surface area contributed by atoms with E-state index in [4.69, 9.17) is 0 Å². The number of anilines is 1. The predicted molar refractivity (Wildman–Crippen MR) is 96.0 cm³/mol. The third-order valence-corrected chi connectivity index (χ3v) is 6.47. The molecule has 9 heteroatoms. The number of aryl methyl sites for hydroxylation is 1. The third kappa shape index (κ3) is 3.05. The lowest BCUT2D eigenvalue weighted by Gasteiger charge is -2.21. The Morgan fingerprint density at radius 3 is 2.29 bits per heavy atom. The first-order chi connectivity index (χ1) is 11.3. The summed E-state index contributed by atoms with van der Waals surface area (Å²) in [5.41, 5.74) is -1.17. The molecule has 0 unspecified atom stereocenters. The van der Waals surface area contributed by atoms with Crippen molar-refractivity contribution in [2.75, 3.05) is 11.4 Å². The van der Waals surface area contributed by atoms with Crippen LogP contribution >= 0.6 is 15.9 Å². The van der Waals surface area contributed by atoms with Crippen LogP contribution in [0.15, 0.2) is 49.4 Å². The number of sulfonamides is 1. The van der Waals surface area contributed by atoms with Crippen LogP contribution in [0.2, 0.25) is 0 Å². The van der Waals surface area contributed by atoms with Gasteiger partial charge in [-0.25, -0.2) is 13.2 Å². The predicted octanol–water partition coefficient (Wildman–Crippen LogP) is 1.64. The largest absolute Gasteiger partial charge is 0.331 e. The van der Waals surface area contributed by atoms with Crippen LogP contribution in [0.5, 0.6) is 0 Å². The fourth-order valence-electron chi connectivity index (χ4n) is 2.29. The van der Waals surface area contributed by atoms with Crippen molar-refractivity contribution in [2.45, 2.75) is 31.8 Å². The molecule has 0 fully saturated rings. The number of nitrogens with zero attached hydrogens (tertiary/aromatic N) is 3. The third-order valence-electron chi connectivity index (χ3n) is 3.69. The van der Waals surface area contributed by atoms with E-state index >= 15 is 0 Å². The van der Waals surface area contributed by atoms with E-state index in [0.29, 0.717) is 11.0 Å². The average Bonchev–Trinajstić information content (AvgIpc) is 2.55. The van der Waals surface area contributed by atoms with E-state index in [1.807, 2.05) is 0 Å². The fraction of sp³-hybridized carbons (Fsp3) is 0.333. The average molecular weight is 416 g/mol. The topological polar surface area (TPSA) is 81.4 Å². The van der Waals surface area contributed by atoms with E-state index in [0.717, 1.165) is 8.87 Å². The second-order valence-corrected chi connectivity index (χ2v) is 7.83. The minimum absolute atomic E-state index is 0.0456. The van der Waals surface area contributed by atoms with E-state index in [2.05, 4.69) is 15.9 Å². The molecule has 0 bridgehead atoms. The van der Waals surface area contributed by atoms with Crippen LogP contribution in [-0.2, 0) is 23.1 Å². The monoisotopic (exact) mass is 415 g/mol. The lowest BCUT2D eigenvalue weighted by Crippen LogP contribution is -2.43. The van der Waals surface area contributed by atoms with Gasteiger partial charge in [0.1, 0.15) is 10.6 Å². The molecule has 7 nitrogen and oxygen atoms in total. The van der Waals surface area contributed by atoms with Crippen molar-refractivity contribution in [1.29, 1.82) is 0 Å². The summed E-state index contributed by atoms with van der Waals surface area (Å²) >= 11 is 3.21. The van der Waals surface area contributed by atoms with Gasteiger partial charge in [-0.1, -0.05) is 12.1 Å². The molecular formula is C15H18BrN3O4S. The van der Waals surface area contributed by atoms with Gasteiger partial charge in [-0.05, 0) is 41.9 Å². The zero-order chi connectivity index (χ0) is 18.1. The zero-order valence-electron chi connectivity index (χ0n) is 13.6. The van der Waals surface area contributed by atoms with Gasteiger partial charge in [-0.2, -0.15) is 0 Å². The van der Waals surface area contributed by atoms with Crippen molar-refractivity contribution >= 4 is 31.6 Å². The van der Waals surface area contributed by atoms with Crippen LogP contribution in [0, 0.1) is 0 Å². The molecule has 0 N–H and O–H groups in total. The maximum absolute atomic E-state index is 12.9. The van der Waals surface area contributed by atoms with Crippen molar-refractivity contribution in [3.63, 3.8) is 0 Å². The van der Waals surface area contributed by atoms with E-state index in [-0.39, 0.29) is 17.1 Å². The number of hydrogen-bond donors (Lipinski definition) is 0. The van der Waals surface area contributed by atoms with E-state index in [1.165, 1.54) is 23.9 Å². The number of hydrogen-bond acceptors (Lipinski definition) is 4. The van der Waals surface area contributed by atoms with Crippen LogP contribution in [0.1, 0.15) is 13.8 Å².